The van der Waals surface area contributed by atoms with Gasteiger partial charge in [-0.2, -0.15) is 0 Å². The van der Waals surface area contributed by atoms with E-state index in [0.717, 1.165) is 0 Å². The van der Waals surface area contributed by atoms with Gasteiger partial charge in [0, 0.05) is 25.5 Å². The van der Waals surface area contributed by atoms with Crippen LogP contribution in [0.4, 0.5) is 0 Å². The van der Waals surface area contributed by atoms with Crippen molar-refractivity contribution in [2.45, 2.75) is 19.4 Å². The molecule has 2 unspecified atom stereocenters. The molecule has 0 saturated heterocycles. The molecular weight excluding hydrogens is 206 g/mol. The van der Waals surface area contributed by atoms with Gasteiger partial charge < -0.3 is 15.2 Å². The number of hydrogen-bond donors (Lipinski definition) is 2. The van der Waals surface area contributed by atoms with E-state index in [-0.39, 0.29) is 11.8 Å². The second kappa shape index (κ2) is 8.03. The Bertz CT molecular complexity index is 166. The first-order valence-electron chi connectivity index (χ1n) is 4.62. The van der Waals surface area contributed by atoms with E-state index >= 15 is 0 Å². The number of halogens is 1. The summed E-state index contributed by atoms with van der Waals surface area (Å²) in [4.78, 5) is 11.2. The number of hydrogen-bond acceptors (Lipinski definition) is 3. The highest BCUT2D eigenvalue weighted by molar-refractivity contribution is 6.19. The first-order chi connectivity index (χ1) is 6.61. The highest BCUT2D eigenvalue weighted by Gasteiger charge is 2.11. The van der Waals surface area contributed by atoms with Crippen molar-refractivity contribution in [1.82, 2.24) is 5.32 Å². The number of aliphatic hydroxyl groups excluding tert-OH is 1. The van der Waals surface area contributed by atoms with E-state index in [1.54, 1.807) is 6.92 Å². The Kier molecular flexibility index (Phi) is 7.84. The fraction of sp³-hybridized carbons (Fsp3) is 0.889. The molecule has 0 rings (SSSR count). The molecule has 0 aromatic rings. The monoisotopic (exact) mass is 223 g/mol. The average molecular weight is 224 g/mol. The minimum absolute atomic E-state index is 0.0791. The van der Waals surface area contributed by atoms with Gasteiger partial charge in [0.15, 0.2) is 0 Å². The van der Waals surface area contributed by atoms with Crippen LogP contribution in [-0.4, -0.2) is 43.3 Å². The van der Waals surface area contributed by atoms with Gasteiger partial charge in [-0.15, -0.1) is 11.6 Å². The number of amides is 1. The van der Waals surface area contributed by atoms with E-state index in [4.69, 9.17) is 16.3 Å². The van der Waals surface area contributed by atoms with Crippen molar-refractivity contribution in [2.75, 3.05) is 26.1 Å². The van der Waals surface area contributed by atoms with E-state index in [2.05, 4.69) is 5.32 Å². The molecule has 5 heteroatoms. The fourth-order valence-electron chi connectivity index (χ4n) is 0.882. The number of aliphatic hydroxyl groups is 1. The highest BCUT2D eigenvalue weighted by atomic mass is 35.5. The molecule has 4 nitrogen and oxygen atoms in total. The molecule has 0 radical (unpaired) electrons. The molecular formula is C9H18ClNO3. The summed E-state index contributed by atoms with van der Waals surface area (Å²) < 4.78 is 4.75. The first kappa shape index (κ1) is 13.7. The van der Waals surface area contributed by atoms with Crippen LogP contribution in [0.3, 0.4) is 0 Å². The SMILES string of the molecule is COCC(O)CCNC(=O)C(C)CCl. The van der Waals surface area contributed by atoms with Crippen molar-refractivity contribution in [3.8, 4) is 0 Å². The summed E-state index contributed by atoms with van der Waals surface area (Å²) in [6, 6.07) is 0. The zero-order valence-corrected chi connectivity index (χ0v) is 9.38. The van der Waals surface area contributed by atoms with Crippen LogP contribution < -0.4 is 5.32 Å². The third-order valence-electron chi connectivity index (χ3n) is 1.81. The van der Waals surface area contributed by atoms with Crippen molar-refractivity contribution in [2.24, 2.45) is 5.92 Å². The lowest BCUT2D eigenvalue weighted by atomic mass is 10.2. The Labute approximate surface area is 89.6 Å². The van der Waals surface area contributed by atoms with E-state index in [1.807, 2.05) is 0 Å². The zero-order chi connectivity index (χ0) is 11.0. The van der Waals surface area contributed by atoms with Crippen molar-refractivity contribution in [3.05, 3.63) is 0 Å². The number of carbonyl (C=O) groups excluding carboxylic acids is 1. The number of rotatable bonds is 7. The standard InChI is InChI=1S/C9H18ClNO3/c1-7(5-10)9(13)11-4-3-8(12)6-14-2/h7-8,12H,3-6H2,1-2H3,(H,11,13). The zero-order valence-electron chi connectivity index (χ0n) is 8.62. The van der Waals surface area contributed by atoms with Gasteiger partial charge in [0.1, 0.15) is 0 Å². The molecule has 0 spiro atoms. The summed E-state index contributed by atoms with van der Waals surface area (Å²) in [6.07, 6.45) is -0.0270. The summed E-state index contributed by atoms with van der Waals surface area (Å²) in [5, 5.41) is 11.9. The minimum Gasteiger partial charge on any atom is -0.391 e. The van der Waals surface area contributed by atoms with Crippen LogP contribution in [0.1, 0.15) is 13.3 Å². The summed E-state index contributed by atoms with van der Waals surface area (Å²) in [5.74, 6) is 0.0489. The smallest absolute Gasteiger partial charge is 0.224 e. The van der Waals surface area contributed by atoms with Crippen molar-refractivity contribution < 1.29 is 14.6 Å². The third kappa shape index (κ3) is 6.18. The molecule has 2 atom stereocenters. The third-order valence-corrected chi connectivity index (χ3v) is 2.28. The number of carbonyl (C=O) groups is 1. The number of alkyl halides is 1. The molecule has 0 aromatic heterocycles. The van der Waals surface area contributed by atoms with E-state index < -0.39 is 6.10 Å². The lowest BCUT2D eigenvalue weighted by molar-refractivity contribution is -0.123. The minimum atomic E-state index is -0.522. The fourth-order valence-corrected chi connectivity index (χ4v) is 1.02. The van der Waals surface area contributed by atoms with Crippen LogP contribution >= 0.6 is 11.6 Å². The number of nitrogens with one attached hydrogen (secondary N) is 1. The second-order valence-corrected chi connectivity index (χ2v) is 3.55. The summed E-state index contributed by atoms with van der Waals surface area (Å²) in [5.41, 5.74) is 0. The van der Waals surface area contributed by atoms with Gasteiger partial charge in [0.2, 0.25) is 5.91 Å². The first-order valence-corrected chi connectivity index (χ1v) is 5.16. The van der Waals surface area contributed by atoms with Crippen LogP contribution in [0.5, 0.6) is 0 Å². The molecule has 0 aliphatic carbocycles. The molecule has 2 N–H and O–H groups in total. The predicted octanol–water partition coefficient (Wildman–Crippen LogP) is 0.375. The molecule has 0 bridgehead atoms. The molecule has 84 valence electrons. The van der Waals surface area contributed by atoms with Gasteiger partial charge in [-0.1, -0.05) is 6.92 Å². The Morgan fingerprint density at radius 3 is 2.79 bits per heavy atom. The quantitative estimate of drug-likeness (QED) is 0.614. The molecule has 0 aromatic carbocycles. The number of methoxy groups -OCH3 is 1. The van der Waals surface area contributed by atoms with Crippen LogP contribution in [0.15, 0.2) is 0 Å². The molecule has 0 aliphatic rings. The van der Waals surface area contributed by atoms with Gasteiger partial charge in [0.05, 0.1) is 12.7 Å². The molecule has 14 heavy (non-hydrogen) atoms. The second-order valence-electron chi connectivity index (χ2n) is 3.24. The molecule has 0 saturated carbocycles. The molecule has 1 amide bonds. The van der Waals surface area contributed by atoms with Gasteiger partial charge in [-0.25, -0.2) is 0 Å². The predicted molar refractivity (Wildman–Crippen MR) is 55.4 cm³/mol. The van der Waals surface area contributed by atoms with Crippen LogP contribution in [0, 0.1) is 5.92 Å². The van der Waals surface area contributed by atoms with E-state index in [9.17, 15) is 9.90 Å². The van der Waals surface area contributed by atoms with Gasteiger partial charge in [0.25, 0.3) is 0 Å². The topological polar surface area (TPSA) is 58.6 Å². The Morgan fingerprint density at radius 1 is 1.64 bits per heavy atom. The van der Waals surface area contributed by atoms with E-state index in [0.29, 0.717) is 25.5 Å². The average Bonchev–Trinajstić information content (AvgIpc) is 2.16. The Morgan fingerprint density at radius 2 is 2.29 bits per heavy atom. The molecule has 0 fully saturated rings. The summed E-state index contributed by atoms with van der Waals surface area (Å²) in [7, 11) is 1.53. The van der Waals surface area contributed by atoms with Crippen LogP contribution in [0.2, 0.25) is 0 Å². The molecule has 0 aliphatic heterocycles. The molecule has 0 heterocycles. The van der Waals surface area contributed by atoms with Crippen molar-refractivity contribution in [3.63, 3.8) is 0 Å². The number of ether oxygens (including phenoxy) is 1. The van der Waals surface area contributed by atoms with Crippen molar-refractivity contribution >= 4 is 17.5 Å². The van der Waals surface area contributed by atoms with Crippen LogP contribution in [0.25, 0.3) is 0 Å². The van der Waals surface area contributed by atoms with Crippen LogP contribution in [-0.2, 0) is 9.53 Å². The maximum Gasteiger partial charge on any atom is 0.224 e. The van der Waals surface area contributed by atoms with E-state index in [1.165, 1.54) is 7.11 Å². The van der Waals surface area contributed by atoms with Gasteiger partial charge >= 0.3 is 0 Å². The highest BCUT2D eigenvalue weighted by Crippen LogP contribution is 1.98. The normalized spacial score (nSPS) is 14.9. The van der Waals surface area contributed by atoms with Gasteiger partial charge in [-0.05, 0) is 6.42 Å². The Hall–Kier alpha value is -0.320. The van der Waals surface area contributed by atoms with Crippen molar-refractivity contribution in [1.29, 1.82) is 0 Å². The summed E-state index contributed by atoms with van der Waals surface area (Å²) >= 11 is 5.51. The lowest BCUT2D eigenvalue weighted by Gasteiger charge is -2.11. The summed E-state index contributed by atoms with van der Waals surface area (Å²) in [6.45, 7) is 2.50. The van der Waals surface area contributed by atoms with Gasteiger partial charge in [-0.3, -0.25) is 4.79 Å². The maximum atomic E-state index is 11.2. The Balaban J connectivity index is 3.48. The maximum absolute atomic E-state index is 11.2. The largest absolute Gasteiger partial charge is 0.391 e. The lowest BCUT2D eigenvalue weighted by Crippen LogP contribution is -2.33.